The molecule has 0 bridgehead atoms. The molecule has 0 aliphatic heterocycles. The van der Waals surface area contributed by atoms with Crippen LogP contribution in [0.15, 0.2) is 174 Å². The monoisotopic (exact) mass is 589 g/mol. The van der Waals surface area contributed by atoms with Crippen LogP contribution in [0.1, 0.15) is 0 Å². The molecule has 210 valence electrons. The molecule has 0 amide bonds. The highest BCUT2D eigenvalue weighted by molar-refractivity contribution is 7.99. The minimum absolute atomic E-state index is 1.17. The Kier molecular flexibility index (Phi) is 6.14. The van der Waals surface area contributed by atoms with E-state index in [9.17, 15) is 0 Å². The van der Waals surface area contributed by atoms with Crippen molar-refractivity contribution >= 4 is 65.6 Å². The summed E-state index contributed by atoms with van der Waals surface area (Å²) in [6.07, 6.45) is 3.98. The third kappa shape index (κ3) is 4.37. The van der Waals surface area contributed by atoms with Crippen LogP contribution >= 0.6 is 11.8 Å². The van der Waals surface area contributed by atoms with Gasteiger partial charge in [0.15, 0.2) is 0 Å². The van der Waals surface area contributed by atoms with E-state index in [1.54, 1.807) is 0 Å². The Morgan fingerprint density at radius 1 is 0.400 bits per heavy atom. The SMILES string of the molecule is c1cc(Sc2c3ccccc3c(-c3cc4ccccc4c4ccccc34)c3cnccc23)cc(-c2ccc3ccccc3c2)c1. The van der Waals surface area contributed by atoms with Crippen molar-refractivity contribution in [1.82, 2.24) is 4.98 Å². The van der Waals surface area contributed by atoms with Gasteiger partial charge in [0.2, 0.25) is 0 Å². The van der Waals surface area contributed by atoms with E-state index >= 15 is 0 Å². The molecule has 0 atom stereocenters. The molecule has 2 heteroatoms. The van der Waals surface area contributed by atoms with Gasteiger partial charge in [0.1, 0.15) is 0 Å². The molecule has 0 radical (unpaired) electrons. The first-order valence-electron chi connectivity index (χ1n) is 15.3. The molecule has 0 aliphatic rings. The van der Waals surface area contributed by atoms with Crippen LogP contribution in [-0.2, 0) is 0 Å². The molecule has 45 heavy (non-hydrogen) atoms. The van der Waals surface area contributed by atoms with Crippen LogP contribution in [0.5, 0.6) is 0 Å². The van der Waals surface area contributed by atoms with E-state index in [-0.39, 0.29) is 0 Å². The third-order valence-corrected chi connectivity index (χ3v) is 10.1. The van der Waals surface area contributed by atoms with Crippen LogP contribution in [0.3, 0.4) is 0 Å². The van der Waals surface area contributed by atoms with Crippen LogP contribution < -0.4 is 0 Å². The van der Waals surface area contributed by atoms with Crippen molar-refractivity contribution in [3.05, 3.63) is 164 Å². The summed E-state index contributed by atoms with van der Waals surface area (Å²) in [4.78, 5) is 7.14. The molecule has 0 spiro atoms. The predicted molar refractivity (Wildman–Crippen MR) is 193 cm³/mol. The zero-order valence-electron chi connectivity index (χ0n) is 24.4. The molecule has 8 aromatic carbocycles. The van der Waals surface area contributed by atoms with Gasteiger partial charge in [-0.2, -0.15) is 0 Å². The van der Waals surface area contributed by atoms with E-state index in [4.69, 9.17) is 0 Å². The molecule has 0 aliphatic carbocycles. The van der Waals surface area contributed by atoms with E-state index in [1.807, 2.05) is 18.0 Å². The molecule has 1 heterocycles. The number of fused-ring (bicyclic) bond motifs is 6. The van der Waals surface area contributed by atoms with Crippen LogP contribution in [0.4, 0.5) is 0 Å². The van der Waals surface area contributed by atoms with Gasteiger partial charge in [0, 0.05) is 27.6 Å². The van der Waals surface area contributed by atoms with Gasteiger partial charge in [0.25, 0.3) is 0 Å². The summed E-state index contributed by atoms with van der Waals surface area (Å²) >= 11 is 1.84. The van der Waals surface area contributed by atoms with Gasteiger partial charge in [-0.25, -0.2) is 0 Å². The summed E-state index contributed by atoms with van der Waals surface area (Å²) in [5, 5.41) is 12.5. The first kappa shape index (κ1) is 26.0. The second kappa shape index (κ2) is 10.6. The highest BCUT2D eigenvalue weighted by Gasteiger charge is 2.19. The Hall–Kier alpha value is -5.44. The second-order valence-corrected chi connectivity index (χ2v) is 12.6. The maximum absolute atomic E-state index is 4.67. The Balaban J connectivity index is 1.26. The molecule has 1 aromatic heterocycles. The number of rotatable bonds is 4. The minimum atomic E-state index is 1.17. The predicted octanol–water partition coefficient (Wildman–Crippen LogP) is 12.3. The summed E-state index contributed by atoms with van der Waals surface area (Å²) in [6.45, 7) is 0. The van der Waals surface area contributed by atoms with Crippen LogP contribution in [-0.4, -0.2) is 4.98 Å². The van der Waals surface area contributed by atoms with Gasteiger partial charge in [-0.3, -0.25) is 4.98 Å². The standard InChI is InChI=1S/C43H27NS/c1-2-11-29-24-31(21-20-28(29)10-1)30-13-9-14-33(25-30)45-43-38-19-8-7-18-37(38)42(41-27-44-23-22-39(41)43)40-26-32-12-3-4-15-34(32)35-16-5-6-17-36(35)40/h1-27H. The van der Waals surface area contributed by atoms with E-state index in [2.05, 4.69) is 163 Å². The Labute approximate surface area is 265 Å². The lowest BCUT2D eigenvalue weighted by molar-refractivity contribution is 1.36. The Bertz CT molecular complexity index is 2530. The molecule has 0 N–H and O–H groups in total. The maximum Gasteiger partial charge on any atom is 0.0353 e. The minimum Gasteiger partial charge on any atom is -0.264 e. The average Bonchev–Trinajstić information content (AvgIpc) is 3.11. The van der Waals surface area contributed by atoms with Crippen LogP contribution in [0.2, 0.25) is 0 Å². The zero-order valence-corrected chi connectivity index (χ0v) is 25.3. The fourth-order valence-corrected chi connectivity index (χ4v) is 8.01. The van der Waals surface area contributed by atoms with Crippen molar-refractivity contribution in [2.24, 2.45) is 0 Å². The van der Waals surface area contributed by atoms with Gasteiger partial charge >= 0.3 is 0 Å². The third-order valence-electron chi connectivity index (χ3n) is 8.95. The lowest BCUT2D eigenvalue weighted by atomic mass is 9.88. The molecule has 0 saturated heterocycles. The molecule has 9 rings (SSSR count). The fraction of sp³-hybridized carbons (Fsp3) is 0. The van der Waals surface area contributed by atoms with Gasteiger partial charge in [0.05, 0.1) is 0 Å². The topological polar surface area (TPSA) is 12.9 Å². The van der Waals surface area contributed by atoms with Gasteiger partial charge in [-0.05, 0) is 101 Å². The van der Waals surface area contributed by atoms with Crippen molar-refractivity contribution in [2.45, 2.75) is 9.79 Å². The normalized spacial score (nSPS) is 11.6. The van der Waals surface area contributed by atoms with Crippen molar-refractivity contribution in [2.75, 3.05) is 0 Å². The first-order valence-corrected chi connectivity index (χ1v) is 16.1. The number of hydrogen-bond donors (Lipinski definition) is 0. The number of nitrogens with zero attached hydrogens (tertiary/aromatic N) is 1. The van der Waals surface area contributed by atoms with E-state index in [0.29, 0.717) is 0 Å². The highest BCUT2D eigenvalue weighted by atomic mass is 32.2. The van der Waals surface area contributed by atoms with Gasteiger partial charge < -0.3 is 0 Å². The fourth-order valence-electron chi connectivity index (χ4n) is 6.87. The van der Waals surface area contributed by atoms with Crippen LogP contribution in [0.25, 0.3) is 76.1 Å². The molecule has 0 saturated carbocycles. The number of pyridine rings is 1. The summed E-state index contributed by atoms with van der Waals surface area (Å²) in [6, 6.07) is 55.1. The summed E-state index contributed by atoms with van der Waals surface area (Å²) in [5.74, 6) is 0. The first-order chi connectivity index (χ1) is 22.3. The number of benzene rings is 8. The lowest BCUT2D eigenvalue weighted by Crippen LogP contribution is -1.92. The van der Waals surface area contributed by atoms with E-state index in [0.717, 1.165) is 0 Å². The number of hydrogen-bond acceptors (Lipinski definition) is 2. The number of aromatic nitrogens is 1. The van der Waals surface area contributed by atoms with Gasteiger partial charge in [-0.15, -0.1) is 0 Å². The largest absolute Gasteiger partial charge is 0.264 e. The quantitative estimate of drug-likeness (QED) is 0.150. The molecule has 0 unspecified atom stereocenters. The second-order valence-electron chi connectivity index (χ2n) is 11.6. The van der Waals surface area contributed by atoms with Crippen molar-refractivity contribution in [1.29, 1.82) is 0 Å². The maximum atomic E-state index is 4.67. The van der Waals surface area contributed by atoms with Crippen LogP contribution in [0, 0.1) is 0 Å². The summed E-state index contributed by atoms with van der Waals surface area (Å²) in [7, 11) is 0. The molecular weight excluding hydrogens is 563 g/mol. The molecule has 9 aromatic rings. The van der Waals surface area contributed by atoms with Crippen molar-refractivity contribution in [3.63, 3.8) is 0 Å². The summed E-state index contributed by atoms with van der Waals surface area (Å²) in [5.41, 5.74) is 4.94. The van der Waals surface area contributed by atoms with Crippen molar-refractivity contribution < 1.29 is 0 Å². The zero-order chi connectivity index (χ0) is 29.7. The molecule has 0 fully saturated rings. The van der Waals surface area contributed by atoms with E-state index in [1.165, 1.54) is 85.9 Å². The molecular formula is C43H27NS. The molecule has 1 nitrogen and oxygen atoms in total. The highest BCUT2D eigenvalue weighted by Crippen LogP contribution is 2.47. The Morgan fingerprint density at radius 3 is 1.93 bits per heavy atom. The van der Waals surface area contributed by atoms with E-state index < -0.39 is 0 Å². The lowest BCUT2D eigenvalue weighted by Gasteiger charge is -2.19. The Morgan fingerprint density at radius 2 is 1.07 bits per heavy atom. The summed E-state index contributed by atoms with van der Waals surface area (Å²) < 4.78 is 0. The van der Waals surface area contributed by atoms with Gasteiger partial charge in [-0.1, -0.05) is 133 Å². The average molecular weight is 590 g/mol. The smallest absolute Gasteiger partial charge is 0.0353 e. The van der Waals surface area contributed by atoms with Crippen molar-refractivity contribution in [3.8, 4) is 22.3 Å².